The van der Waals surface area contributed by atoms with Gasteiger partial charge < -0.3 is 15.2 Å². The molecule has 0 bridgehead atoms. The van der Waals surface area contributed by atoms with Crippen molar-refractivity contribution in [1.29, 1.82) is 0 Å². The number of nitrogens with two attached hydrogens (primary N) is 1. The zero-order valence-electron chi connectivity index (χ0n) is 12.7. The first kappa shape index (κ1) is 15.3. The van der Waals surface area contributed by atoms with Crippen molar-refractivity contribution in [3.63, 3.8) is 0 Å². The second kappa shape index (κ2) is 7.04. The van der Waals surface area contributed by atoms with E-state index in [1.54, 1.807) is 7.11 Å². The molecule has 0 atom stereocenters. The number of methoxy groups -OCH3 is 1. The topological polar surface area (TPSA) is 70.3 Å². The van der Waals surface area contributed by atoms with Gasteiger partial charge in [-0.15, -0.1) is 0 Å². The minimum Gasteiger partial charge on any atom is -0.439 e. The summed E-state index contributed by atoms with van der Waals surface area (Å²) in [6, 6.07) is 7.90. The third kappa shape index (κ3) is 3.92. The minimum absolute atomic E-state index is 0.466. The second-order valence-electron chi connectivity index (χ2n) is 4.80. The first-order valence-electron chi connectivity index (χ1n) is 7.02. The van der Waals surface area contributed by atoms with Gasteiger partial charge in [-0.3, -0.25) is 0 Å². The summed E-state index contributed by atoms with van der Waals surface area (Å²) in [5.41, 5.74) is 7.85. The van der Waals surface area contributed by atoms with Crippen molar-refractivity contribution in [2.45, 2.75) is 26.7 Å². The van der Waals surface area contributed by atoms with Crippen LogP contribution in [0, 0.1) is 6.92 Å². The van der Waals surface area contributed by atoms with Gasteiger partial charge in [0.15, 0.2) is 0 Å². The van der Waals surface area contributed by atoms with Crippen LogP contribution in [0.5, 0.6) is 11.6 Å². The maximum atomic E-state index is 5.88. The third-order valence-electron chi connectivity index (χ3n) is 3.23. The summed E-state index contributed by atoms with van der Waals surface area (Å²) < 4.78 is 10.9. The van der Waals surface area contributed by atoms with E-state index in [9.17, 15) is 0 Å². The quantitative estimate of drug-likeness (QED) is 0.884. The van der Waals surface area contributed by atoms with E-state index in [1.165, 1.54) is 5.56 Å². The molecule has 0 fully saturated rings. The highest BCUT2D eigenvalue weighted by Gasteiger charge is 2.10. The molecule has 0 saturated carbocycles. The van der Waals surface area contributed by atoms with Crippen molar-refractivity contribution in [2.24, 2.45) is 0 Å². The van der Waals surface area contributed by atoms with Gasteiger partial charge in [0.2, 0.25) is 5.88 Å². The van der Waals surface area contributed by atoms with Gasteiger partial charge in [-0.25, -0.2) is 4.98 Å². The van der Waals surface area contributed by atoms with Gasteiger partial charge in [0.05, 0.1) is 12.2 Å². The molecule has 112 valence electrons. The van der Waals surface area contributed by atoms with Gasteiger partial charge in [-0.1, -0.05) is 19.1 Å². The molecule has 1 aromatic heterocycles. The lowest BCUT2D eigenvalue weighted by atomic mass is 10.1. The van der Waals surface area contributed by atoms with Crippen LogP contribution in [0.2, 0.25) is 0 Å². The van der Waals surface area contributed by atoms with E-state index in [0.29, 0.717) is 24.1 Å². The largest absolute Gasteiger partial charge is 0.439 e. The van der Waals surface area contributed by atoms with Crippen molar-refractivity contribution >= 4 is 5.82 Å². The molecular formula is C16H21N3O2. The summed E-state index contributed by atoms with van der Waals surface area (Å²) in [7, 11) is 1.70. The van der Waals surface area contributed by atoms with Gasteiger partial charge in [0.25, 0.3) is 0 Å². The maximum absolute atomic E-state index is 5.88. The predicted molar refractivity (Wildman–Crippen MR) is 82.7 cm³/mol. The smallest absolute Gasteiger partial charge is 0.227 e. The summed E-state index contributed by atoms with van der Waals surface area (Å²) in [5.74, 6) is 2.40. The number of aromatic nitrogens is 2. The normalized spacial score (nSPS) is 10.6. The number of anilines is 1. The van der Waals surface area contributed by atoms with Crippen LogP contribution in [-0.2, 0) is 17.6 Å². The third-order valence-corrected chi connectivity index (χ3v) is 3.23. The highest BCUT2D eigenvalue weighted by atomic mass is 16.5. The van der Waals surface area contributed by atoms with Crippen LogP contribution in [0.15, 0.2) is 24.3 Å². The number of benzene rings is 1. The van der Waals surface area contributed by atoms with Crippen LogP contribution in [0.25, 0.3) is 0 Å². The molecule has 5 heteroatoms. The fourth-order valence-electron chi connectivity index (χ4n) is 1.87. The molecule has 0 unspecified atom stereocenters. The number of nitrogen functional groups attached to an aromatic ring is 1. The van der Waals surface area contributed by atoms with Crippen LogP contribution >= 0.6 is 0 Å². The molecule has 21 heavy (non-hydrogen) atoms. The Morgan fingerprint density at radius 3 is 2.48 bits per heavy atom. The standard InChI is InChI=1S/C16H21N3O2/c1-4-14-18-15(17)11(2)16(19-14)21-13-7-5-12(6-8-13)9-10-20-3/h5-8H,4,9-10H2,1-3H3,(H2,17,18,19). The van der Waals surface area contributed by atoms with Crippen LogP contribution < -0.4 is 10.5 Å². The SMILES string of the molecule is CCc1nc(N)c(C)c(Oc2ccc(CCOC)cc2)n1. The first-order valence-corrected chi connectivity index (χ1v) is 7.02. The fraction of sp³-hybridized carbons (Fsp3) is 0.375. The van der Waals surface area contributed by atoms with Crippen molar-refractivity contribution in [1.82, 2.24) is 9.97 Å². The Kier molecular flexibility index (Phi) is 5.11. The Balaban J connectivity index is 2.16. The average Bonchev–Trinajstić information content (AvgIpc) is 2.50. The van der Waals surface area contributed by atoms with Crippen molar-refractivity contribution in [2.75, 3.05) is 19.5 Å². The van der Waals surface area contributed by atoms with E-state index in [0.717, 1.165) is 24.2 Å². The zero-order valence-corrected chi connectivity index (χ0v) is 12.7. The number of ether oxygens (including phenoxy) is 2. The van der Waals surface area contributed by atoms with Crippen LogP contribution in [0.1, 0.15) is 23.9 Å². The number of aryl methyl sites for hydroxylation is 1. The van der Waals surface area contributed by atoms with Crippen LogP contribution in [0.3, 0.4) is 0 Å². The molecule has 2 N–H and O–H groups in total. The van der Waals surface area contributed by atoms with E-state index in [4.69, 9.17) is 15.2 Å². The maximum Gasteiger partial charge on any atom is 0.227 e. The van der Waals surface area contributed by atoms with E-state index in [-0.39, 0.29) is 0 Å². The molecular weight excluding hydrogens is 266 g/mol. The van der Waals surface area contributed by atoms with Crippen molar-refractivity contribution < 1.29 is 9.47 Å². The Morgan fingerprint density at radius 1 is 1.14 bits per heavy atom. The van der Waals surface area contributed by atoms with Crippen molar-refractivity contribution in [3.05, 3.63) is 41.2 Å². The molecule has 0 spiro atoms. The molecule has 0 amide bonds. The molecule has 5 nitrogen and oxygen atoms in total. The predicted octanol–water partition coefficient (Wildman–Crippen LogP) is 2.91. The van der Waals surface area contributed by atoms with E-state index < -0.39 is 0 Å². The number of nitrogens with zero attached hydrogens (tertiary/aromatic N) is 2. The lowest BCUT2D eigenvalue weighted by Gasteiger charge is -2.11. The summed E-state index contributed by atoms with van der Waals surface area (Å²) in [6.07, 6.45) is 1.60. The average molecular weight is 287 g/mol. The second-order valence-corrected chi connectivity index (χ2v) is 4.80. The van der Waals surface area contributed by atoms with Gasteiger partial charge in [-0.2, -0.15) is 4.98 Å². The highest BCUT2D eigenvalue weighted by Crippen LogP contribution is 2.26. The van der Waals surface area contributed by atoms with Gasteiger partial charge >= 0.3 is 0 Å². The molecule has 1 heterocycles. The first-order chi connectivity index (χ1) is 10.1. The highest BCUT2D eigenvalue weighted by molar-refractivity contribution is 5.46. The van der Waals surface area contributed by atoms with Crippen molar-refractivity contribution in [3.8, 4) is 11.6 Å². The van der Waals surface area contributed by atoms with E-state index >= 15 is 0 Å². The number of hydrogen-bond acceptors (Lipinski definition) is 5. The number of rotatable bonds is 6. The molecule has 2 rings (SSSR count). The molecule has 2 aromatic rings. The minimum atomic E-state index is 0.466. The summed E-state index contributed by atoms with van der Waals surface area (Å²) in [6.45, 7) is 4.55. The molecule has 0 radical (unpaired) electrons. The summed E-state index contributed by atoms with van der Waals surface area (Å²) >= 11 is 0. The molecule has 0 aliphatic carbocycles. The molecule has 0 saturated heterocycles. The molecule has 1 aromatic carbocycles. The Morgan fingerprint density at radius 2 is 1.86 bits per heavy atom. The molecule has 0 aliphatic heterocycles. The summed E-state index contributed by atoms with van der Waals surface area (Å²) in [4.78, 5) is 8.60. The lowest BCUT2D eigenvalue weighted by molar-refractivity contribution is 0.202. The zero-order chi connectivity index (χ0) is 15.2. The summed E-state index contributed by atoms with van der Waals surface area (Å²) in [5, 5.41) is 0. The number of hydrogen-bond donors (Lipinski definition) is 1. The Bertz CT molecular complexity index is 597. The molecule has 0 aliphatic rings. The van der Waals surface area contributed by atoms with Gasteiger partial charge in [0, 0.05) is 13.5 Å². The van der Waals surface area contributed by atoms with E-state index in [1.807, 2.05) is 38.1 Å². The van der Waals surface area contributed by atoms with Crippen LogP contribution in [-0.4, -0.2) is 23.7 Å². The van der Waals surface area contributed by atoms with Crippen LogP contribution in [0.4, 0.5) is 5.82 Å². The fourth-order valence-corrected chi connectivity index (χ4v) is 1.87. The van der Waals surface area contributed by atoms with E-state index in [2.05, 4.69) is 9.97 Å². The van der Waals surface area contributed by atoms with Gasteiger partial charge in [0.1, 0.15) is 17.4 Å². The Labute approximate surface area is 125 Å². The monoisotopic (exact) mass is 287 g/mol. The lowest BCUT2D eigenvalue weighted by Crippen LogP contribution is -2.04. The Hall–Kier alpha value is -2.14. The van der Waals surface area contributed by atoms with Gasteiger partial charge in [-0.05, 0) is 31.0 Å².